The number of carbonyl (C=O) groups is 3. The van der Waals surface area contributed by atoms with Crippen LogP contribution in [0.4, 0.5) is 4.79 Å². The van der Waals surface area contributed by atoms with Gasteiger partial charge in [0.05, 0.1) is 6.61 Å². The summed E-state index contributed by atoms with van der Waals surface area (Å²) in [5.74, 6) is -1.18. The molecule has 8 heteroatoms. The van der Waals surface area contributed by atoms with E-state index in [1.165, 1.54) is 7.11 Å². The number of nitrogens with one attached hydrogen (secondary N) is 1. The minimum Gasteiger partial charge on any atom is -0.481 e. The second-order valence-corrected chi connectivity index (χ2v) is 9.36. The van der Waals surface area contributed by atoms with Gasteiger partial charge in [-0.1, -0.05) is 55.5 Å². The molecule has 1 fully saturated rings. The predicted octanol–water partition coefficient (Wildman–Crippen LogP) is 3.64. The average Bonchev–Trinajstić information content (AvgIpc) is 3.43. The van der Waals surface area contributed by atoms with Crippen molar-refractivity contribution in [3.63, 3.8) is 0 Å². The topological polar surface area (TPSA) is 105 Å². The van der Waals surface area contributed by atoms with E-state index in [4.69, 9.17) is 9.47 Å². The highest BCUT2D eigenvalue weighted by Gasteiger charge is 2.46. The number of methoxy groups -OCH3 is 1. The van der Waals surface area contributed by atoms with Crippen molar-refractivity contribution in [2.45, 2.75) is 38.1 Å². The monoisotopic (exact) mass is 480 g/mol. The van der Waals surface area contributed by atoms with Crippen LogP contribution < -0.4 is 5.32 Å². The van der Waals surface area contributed by atoms with E-state index in [0.29, 0.717) is 19.4 Å². The number of benzene rings is 2. The second-order valence-electron chi connectivity index (χ2n) is 9.36. The summed E-state index contributed by atoms with van der Waals surface area (Å²) in [6.45, 7) is 2.61. The number of hydrogen-bond donors (Lipinski definition) is 2. The Balaban J connectivity index is 1.33. The van der Waals surface area contributed by atoms with Gasteiger partial charge in [-0.05, 0) is 35.1 Å². The van der Waals surface area contributed by atoms with Crippen molar-refractivity contribution in [3.05, 3.63) is 59.7 Å². The van der Waals surface area contributed by atoms with E-state index in [0.717, 1.165) is 22.3 Å². The van der Waals surface area contributed by atoms with Gasteiger partial charge >= 0.3 is 12.1 Å². The maximum absolute atomic E-state index is 12.9. The summed E-state index contributed by atoms with van der Waals surface area (Å²) in [6.07, 6.45) is 0.417. The Morgan fingerprint density at radius 1 is 1.11 bits per heavy atom. The third-order valence-electron chi connectivity index (χ3n) is 7.16. The molecule has 1 aliphatic carbocycles. The molecule has 2 atom stereocenters. The van der Waals surface area contributed by atoms with E-state index < -0.39 is 23.5 Å². The number of rotatable bonds is 9. The van der Waals surface area contributed by atoms with E-state index in [2.05, 4.69) is 29.6 Å². The van der Waals surface area contributed by atoms with Crippen LogP contribution in [0.5, 0.6) is 0 Å². The van der Waals surface area contributed by atoms with Crippen LogP contribution >= 0.6 is 0 Å². The van der Waals surface area contributed by atoms with E-state index in [1.807, 2.05) is 31.2 Å². The predicted molar refractivity (Wildman–Crippen MR) is 130 cm³/mol. The molecule has 8 nitrogen and oxygen atoms in total. The molecule has 4 rings (SSSR count). The quantitative estimate of drug-likeness (QED) is 0.568. The highest BCUT2D eigenvalue weighted by molar-refractivity contribution is 5.82. The van der Waals surface area contributed by atoms with Gasteiger partial charge in [0.2, 0.25) is 5.91 Å². The largest absolute Gasteiger partial charge is 0.481 e. The zero-order valence-corrected chi connectivity index (χ0v) is 20.2. The summed E-state index contributed by atoms with van der Waals surface area (Å²) in [5, 5.41) is 12.4. The summed E-state index contributed by atoms with van der Waals surface area (Å²) in [6, 6.07) is 15.9. The van der Waals surface area contributed by atoms with Gasteiger partial charge in [0.25, 0.3) is 0 Å². The molecule has 1 heterocycles. The summed E-state index contributed by atoms with van der Waals surface area (Å²) in [5.41, 5.74) is 3.51. The molecule has 1 unspecified atom stereocenters. The fourth-order valence-corrected chi connectivity index (χ4v) is 5.16. The number of hydrogen-bond acceptors (Lipinski definition) is 5. The third kappa shape index (κ3) is 5.03. The average molecular weight is 481 g/mol. The fraction of sp³-hybridized carbons (Fsp3) is 0.444. The number of ether oxygens (including phenoxy) is 2. The number of alkyl carbamates (subject to hydrolysis) is 1. The van der Waals surface area contributed by atoms with Crippen molar-refractivity contribution in [1.82, 2.24) is 10.2 Å². The Bertz CT molecular complexity index is 1060. The van der Waals surface area contributed by atoms with Gasteiger partial charge in [0, 0.05) is 38.6 Å². The molecule has 2 aromatic carbocycles. The molecule has 35 heavy (non-hydrogen) atoms. The fourth-order valence-electron chi connectivity index (χ4n) is 5.16. The first-order valence-corrected chi connectivity index (χ1v) is 12.0. The lowest BCUT2D eigenvalue weighted by Gasteiger charge is -2.25. The number of aliphatic carboxylic acids is 1. The summed E-state index contributed by atoms with van der Waals surface area (Å²) in [7, 11) is 1.46. The first kappa shape index (κ1) is 24.7. The Kier molecular flexibility index (Phi) is 7.40. The molecule has 0 spiro atoms. The van der Waals surface area contributed by atoms with Gasteiger partial charge in [0.15, 0.2) is 0 Å². The molecule has 2 aromatic rings. The standard InChI is InChI=1S/C27H32N2O6/c1-3-18(14-24(30)29-13-12-27(16-29,17-34-2)25(31)32)28-26(33)35-15-23-21-10-6-4-8-19(21)20-9-5-7-11-22(20)23/h4-11,18,23H,3,12-17H2,1-2H3,(H,28,33)(H,31,32)/t18-,27?/m1/s1. The summed E-state index contributed by atoms with van der Waals surface area (Å²) >= 11 is 0. The molecular weight excluding hydrogens is 448 g/mol. The van der Waals surface area contributed by atoms with Crippen LogP contribution in [-0.2, 0) is 19.1 Å². The van der Waals surface area contributed by atoms with Crippen LogP contribution in [0.3, 0.4) is 0 Å². The van der Waals surface area contributed by atoms with Gasteiger partial charge in [-0.25, -0.2) is 4.79 Å². The normalized spacial score (nSPS) is 19.7. The van der Waals surface area contributed by atoms with Gasteiger partial charge < -0.3 is 24.8 Å². The molecule has 2 amide bonds. The van der Waals surface area contributed by atoms with Gasteiger partial charge in [-0.3, -0.25) is 9.59 Å². The zero-order valence-electron chi connectivity index (χ0n) is 20.2. The molecule has 186 valence electrons. The molecule has 2 aliphatic rings. The number of carbonyl (C=O) groups excluding carboxylic acids is 2. The number of fused-ring (bicyclic) bond motifs is 3. The van der Waals surface area contributed by atoms with E-state index in [-0.39, 0.29) is 38.0 Å². The molecule has 2 N–H and O–H groups in total. The lowest BCUT2D eigenvalue weighted by molar-refractivity contribution is -0.151. The van der Waals surface area contributed by atoms with Crippen LogP contribution in [0.25, 0.3) is 11.1 Å². The molecular formula is C27H32N2O6. The number of amides is 2. The summed E-state index contributed by atoms with van der Waals surface area (Å²) < 4.78 is 10.7. The number of likely N-dealkylation sites (tertiary alicyclic amines) is 1. The minimum absolute atomic E-state index is 0.0376. The van der Waals surface area contributed by atoms with E-state index in [1.54, 1.807) is 4.90 Å². The molecule has 0 radical (unpaired) electrons. The Hall–Kier alpha value is -3.39. The molecule has 0 bridgehead atoms. The van der Waals surface area contributed by atoms with Crippen molar-refractivity contribution in [1.29, 1.82) is 0 Å². The van der Waals surface area contributed by atoms with Gasteiger partial charge in [-0.2, -0.15) is 0 Å². The highest BCUT2D eigenvalue weighted by Crippen LogP contribution is 2.44. The lowest BCUT2D eigenvalue weighted by atomic mass is 9.88. The molecule has 0 aromatic heterocycles. The first-order valence-electron chi connectivity index (χ1n) is 12.0. The highest BCUT2D eigenvalue weighted by atomic mass is 16.5. The third-order valence-corrected chi connectivity index (χ3v) is 7.16. The number of nitrogens with zero attached hydrogens (tertiary/aromatic N) is 1. The zero-order chi connectivity index (χ0) is 25.0. The van der Waals surface area contributed by atoms with Crippen LogP contribution in [0.15, 0.2) is 48.5 Å². The Labute approximate surface area is 205 Å². The van der Waals surface area contributed by atoms with Crippen LogP contribution in [0, 0.1) is 5.41 Å². The Morgan fingerprint density at radius 2 is 1.74 bits per heavy atom. The number of carboxylic acid groups (broad SMARTS) is 1. The number of carboxylic acids is 1. The van der Waals surface area contributed by atoms with Crippen molar-refractivity contribution < 1.29 is 29.0 Å². The second kappa shape index (κ2) is 10.5. The maximum Gasteiger partial charge on any atom is 0.407 e. The van der Waals surface area contributed by atoms with Crippen molar-refractivity contribution >= 4 is 18.0 Å². The van der Waals surface area contributed by atoms with Gasteiger partial charge in [-0.15, -0.1) is 0 Å². The van der Waals surface area contributed by atoms with Crippen LogP contribution in [0.1, 0.15) is 43.2 Å². The maximum atomic E-state index is 12.9. The lowest BCUT2D eigenvalue weighted by Crippen LogP contribution is -2.43. The van der Waals surface area contributed by atoms with Crippen molar-refractivity contribution in [2.75, 3.05) is 33.4 Å². The van der Waals surface area contributed by atoms with Crippen molar-refractivity contribution in [2.24, 2.45) is 5.41 Å². The summed E-state index contributed by atoms with van der Waals surface area (Å²) in [4.78, 5) is 38.8. The minimum atomic E-state index is -1.08. The van der Waals surface area contributed by atoms with Crippen LogP contribution in [0.2, 0.25) is 0 Å². The SMILES string of the molecule is CC[C@H](CC(=O)N1CCC(COC)(C(=O)O)C1)NC(=O)OCC1c2ccccc2-c2ccccc21. The van der Waals surface area contributed by atoms with E-state index in [9.17, 15) is 19.5 Å². The van der Waals surface area contributed by atoms with Crippen LogP contribution in [-0.4, -0.2) is 67.4 Å². The molecule has 0 saturated carbocycles. The van der Waals surface area contributed by atoms with Crippen molar-refractivity contribution in [3.8, 4) is 11.1 Å². The molecule has 1 saturated heterocycles. The smallest absolute Gasteiger partial charge is 0.407 e. The Morgan fingerprint density at radius 3 is 2.31 bits per heavy atom. The van der Waals surface area contributed by atoms with E-state index >= 15 is 0 Å². The first-order chi connectivity index (χ1) is 16.9. The molecule has 1 aliphatic heterocycles. The van der Waals surface area contributed by atoms with Gasteiger partial charge in [0.1, 0.15) is 12.0 Å².